The summed E-state index contributed by atoms with van der Waals surface area (Å²) in [5.41, 5.74) is 4.55. The minimum atomic E-state index is 0.776. The smallest absolute Gasteiger partial charge is 0.130 e. The number of aromatic nitrogens is 2. The van der Waals surface area contributed by atoms with E-state index in [1.807, 2.05) is 67.0 Å². The maximum atomic E-state index is 6.03. The maximum absolute atomic E-state index is 6.03. The third-order valence-corrected chi connectivity index (χ3v) is 4.24. The molecule has 1 aromatic heterocycles. The third-order valence-electron chi connectivity index (χ3n) is 4.24. The van der Waals surface area contributed by atoms with Crippen LogP contribution in [0, 0.1) is 6.92 Å². The number of ether oxygens (including phenoxy) is 1. The molecule has 118 valence electrons. The first-order chi connectivity index (χ1) is 11.8. The Morgan fingerprint density at radius 1 is 0.875 bits per heavy atom. The van der Waals surface area contributed by atoms with Crippen LogP contribution >= 0.6 is 0 Å². The summed E-state index contributed by atoms with van der Waals surface area (Å²) in [6.07, 6.45) is 1.90. The van der Waals surface area contributed by atoms with Crippen LogP contribution < -0.4 is 4.74 Å². The van der Waals surface area contributed by atoms with Gasteiger partial charge in [0.25, 0.3) is 0 Å². The van der Waals surface area contributed by atoms with E-state index in [9.17, 15) is 0 Å². The number of benzene rings is 3. The molecule has 0 amide bonds. The van der Waals surface area contributed by atoms with Gasteiger partial charge in [0, 0.05) is 6.54 Å². The molecule has 3 heteroatoms. The number of hydrogen-bond donors (Lipinski definition) is 0. The van der Waals surface area contributed by atoms with Gasteiger partial charge in [0.15, 0.2) is 0 Å². The molecule has 0 unspecified atom stereocenters. The SMILES string of the molecule is Cc1c(Cn2cnc3ccccc32)cccc1Oc1ccccc1. The minimum Gasteiger partial charge on any atom is -0.457 e. The molecule has 24 heavy (non-hydrogen) atoms. The van der Waals surface area contributed by atoms with Gasteiger partial charge in [0.05, 0.1) is 17.4 Å². The Morgan fingerprint density at radius 2 is 1.67 bits per heavy atom. The lowest BCUT2D eigenvalue weighted by Gasteiger charge is -2.13. The van der Waals surface area contributed by atoms with Crippen molar-refractivity contribution in [2.24, 2.45) is 0 Å². The van der Waals surface area contributed by atoms with Gasteiger partial charge in [0.2, 0.25) is 0 Å². The molecule has 0 N–H and O–H groups in total. The molecule has 0 radical (unpaired) electrons. The van der Waals surface area contributed by atoms with Crippen LogP contribution in [0.25, 0.3) is 11.0 Å². The van der Waals surface area contributed by atoms with Crippen molar-refractivity contribution in [1.82, 2.24) is 9.55 Å². The van der Waals surface area contributed by atoms with Crippen molar-refractivity contribution < 1.29 is 4.74 Å². The van der Waals surface area contributed by atoms with Crippen molar-refractivity contribution in [1.29, 1.82) is 0 Å². The zero-order valence-electron chi connectivity index (χ0n) is 13.5. The van der Waals surface area contributed by atoms with Gasteiger partial charge >= 0.3 is 0 Å². The Morgan fingerprint density at radius 3 is 2.54 bits per heavy atom. The standard InChI is InChI=1S/C21H18N2O/c1-16-17(14-23-15-22-19-11-5-6-12-20(19)23)8-7-13-21(16)24-18-9-3-2-4-10-18/h2-13,15H,14H2,1H3. The highest BCUT2D eigenvalue weighted by Gasteiger charge is 2.08. The average Bonchev–Trinajstić information content (AvgIpc) is 3.03. The predicted octanol–water partition coefficient (Wildman–Crippen LogP) is 5.19. The topological polar surface area (TPSA) is 27.1 Å². The molecule has 0 atom stereocenters. The van der Waals surface area contributed by atoms with Gasteiger partial charge in [-0.05, 0) is 48.4 Å². The summed E-state index contributed by atoms with van der Waals surface area (Å²) in [5, 5.41) is 0. The van der Waals surface area contributed by atoms with Gasteiger partial charge in [0.1, 0.15) is 11.5 Å². The summed E-state index contributed by atoms with van der Waals surface area (Å²) in [4.78, 5) is 4.47. The first kappa shape index (κ1) is 14.5. The highest BCUT2D eigenvalue weighted by atomic mass is 16.5. The van der Waals surface area contributed by atoms with Gasteiger partial charge < -0.3 is 9.30 Å². The van der Waals surface area contributed by atoms with Crippen LogP contribution in [0.5, 0.6) is 11.5 Å². The molecule has 4 aromatic rings. The second-order valence-electron chi connectivity index (χ2n) is 5.82. The van der Waals surface area contributed by atoms with E-state index in [-0.39, 0.29) is 0 Å². The van der Waals surface area contributed by atoms with Crippen molar-refractivity contribution in [3.63, 3.8) is 0 Å². The number of fused-ring (bicyclic) bond motifs is 1. The normalized spacial score (nSPS) is 10.9. The predicted molar refractivity (Wildman–Crippen MR) is 96.5 cm³/mol. The molecule has 0 saturated heterocycles. The zero-order valence-corrected chi connectivity index (χ0v) is 13.5. The lowest BCUT2D eigenvalue weighted by molar-refractivity contribution is 0.477. The molecular formula is C21H18N2O. The summed E-state index contributed by atoms with van der Waals surface area (Å²) < 4.78 is 8.20. The van der Waals surface area contributed by atoms with E-state index in [1.54, 1.807) is 0 Å². The second-order valence-corrected chi connectivity index (χ2v) is 5.82. The lowest BCUT2D eigenvalue weighted by Crippen LogP contribution is -2.01. The van der Waals surface area contributed by atoms with Crippen molar-refractivity contribution >= 4 is 11.0 Å². The van der Waals surface area contributed by atoms with E-state index in [2.05, 4.69) is 28.6 Å². The molecule has 0 spiro atoms. The van der Waals surface area contributed by atoms with E-state index in [1.165, 1.54) is 5.56 Å². The average molecular weight is 314 g/mol. The van der Waals surface area contributed by atoms with Crippen LogP contribution in [0.1, 0.15) is 11.1 Å². The van der Waals surface area contributed by atoms with Gasteiger partial charge in [-0.3, -0.25) is 0 Å². The quantitative estimate of drug-likeness (QED) is 0.518. The summed E-state index contributed by atoms with van der Waals surface area (Å²) in [5.74, 6) is 1.74. The number of rotatable bonds is 4. The molecule has 1 heterocycles. The Bertz CT molecular complexity index is 973. The van der Waals surface area contributed by atoms with Crippen LogP contribution in [0.3, 0.4) is 0 Å². The summed E-state index contributed by atoms with van der Waals surface area (Å²) >= 11 is 0. The molecule has 0 fully saturated rings. The van der Waals surface area contributed by atoms with Gasteiger partial charge in [-0.25, -0.2) is 4.98 Å². The minimum absolute atomic E-state index is 0.776. The first-order valence-corrected chi connectivity index (χ1v) is 8.02. The summed E-state index contributed by atoms with van der Waals surface area (Å²) in [7, 11) is 0. The van der Waals surface area contributed by atoms with E-state index in [4.69, 9.17) is 4.74 Å². The molecule has 4 rings (SSSR count). The molecule has 0 aliphatic rings. The van der Waals surface area contributed by atoms with Crippen LogP contribution in [-0.4, -0.2) is 9.55 Å². The van der Waals surface area contributed by atoms with Crippen molar-refractivity contribution in [3.8, 4) is 11.5 Å². The molecule has 0 aliphatic carbocycles. The maximum Gasteiger partial charge on any atom is 0.130 e. The van der Waals surface area contributed by atoms with Gasteiger partial charge in [-0.15, -0.1) is 0 Å². The summed E-state index contributed by atoms with van der Waals surface area (Å²) in [6.45, 7) is 2.88. The van der Waals surface area contributed by atoms with Crippen molar-refractivity contribution in [3.05, 3.63) is 90.3 Å². The van der Waals surface area contributed by atoms with E-state index >= 15 is 0 Å². The van der Waals surface area contributed by atoms with Crippen LogP contribution in [0.4, 0.5) is 0 Å². The number of nitrogens with zero attached hydrogens (tertiary/aromatic N) is 2. The molecule has 0 saturated carbocycles. The zero-order chi connectivity index (χ0) is 16.4. The van der Waals surface area contributed by atoms with Gasteiger partial charge in [-0.2, -0.15) is 0 Å². The number of para-hydroxylation sites is 3. The third kappa shape index (κ3) is 2.76. The Hall–Kier alpha value is -3.07. The van der Waals surface area contributed by atoms with Gasteiger partial charge in [-0.1, -0.05) is 42.5 Å². The Labute approximate surface area is 141 Å². The van der Waals surface area contributed by atoms with Crippen molar-refractivity contribution in [2.75, 3.05) is 0 Å². The van der Waals surface area contributed by atoms with Crippen molar-refractivity contribution in [2.45, 2.75) is 13.5 Å². The fourth-order valence-corrected chi connectivity index (χ4v) is 2.88. The molecule has 3 nitrogen and oxygen atoms in total. The summed E-state index contributed by atoms with van der Waals surface area (Å²) in [6, 6.07) is 24.3. The highest BCUT2D eigenvalue weighted by molar-refractivity contribution is 5.75. The monoisotopic (exact) mass is 314 g/mol. The lowest BCUT2D eigenvalue weighted by atomic mass is 10.1. The first-order valence-electron chi connectivity index (χ1n) is 8.02. The van der Waals surface area contributed by atoms with Crippen LogP contribution in [0.2, 0.25) is 0 Å². The van der Waals surface area contributed by atoms with E-state index < -0.39 is 0 Å². The van der Waals surface area contributed by atoms with E-state index in [0.717, 1.165) is 34.6 Å². The Kier molecular flexibility index (Phi) is 3.75. The largest absolute Gasteiger partial charge is 0.457 e. The van der Waals surface area contributed by atoms with E-state index in [0.29, 0.717) is 0 Å². The fraction of sp³-hybridized carbons (Fsp3) is 0.0952. The number of hydrogen-bond acceptors (Lipinski definition) is 2. The van der Waals surface area contributed by atoms with Crippen LogP contribution in [-0.2, 0) is 6.54 Å². The Balaban J connectivity index is 1.65. The molecular weight excluding hydrogens is 296 g/mol. The molecule has 0 bridgehead atoms. The fourth-order valence-electron chi connectivity index (χ4n) is 2.88. The van der Waals surface area contributed by atoms with Crippen LogP contribution in [0.15, 0.2) is 79.1 Å². The highest BCUT2D eigenvalue weighted by Crippen LogP contribution is 2.28. The molecule has 0 aliphatic heterocycles. The molecule has 3 aromatic carbocycles. The number of imidazole rings is 1. The second kappa shape index (κ2) is 6.20.